The number of carbonyl (C=O) groups excluding carboxylic acids is 1. The van der Waals surface area contributed by atoms with Crippen LogP contribution in [0.2, 0.25) is 0 Å². The first-order valence-corrected chi connectivity index (χ1v) is 10.7. The highest BCUT2D eigenvalue weighted by atomic mass is 32.2. The van der Waals surface area contributed by atoms with E-state index in [0.29, 0.717) is 11.4 Å². The summed E-state index contributed by atoms with van der Waals surface area (Å²) >= 11 is 0. The van der Waals surface area contributed by atoms with Gasteiger partial charge in [0, 0.05) is 12.6 Å². The minimum atomic E-state index is -3.73. The maximum absolute atomic E-state index is 12.8. The van der Waals surface area contributed by atoms with Crippen molar-refractivity contribution in [2.75, 3.05) is 7.05 Å². The van der Waals surface area contributed by atoms with Crippen LogP contribution in [0, 0.1) is 13.8 Å². The smallest absolute Gasteiger partial charge is 0.244 e. The van der Waals surface area contributed by atoms with Crippen LogP contribution in [0.3, 0.4) is 0 Å². The molecule has 0 fully saturated rings. The molecule has 1 atom stereocenters. The number of likely N-dealkylation sites (N-methyl/N-ethyl adjacent to an activating group) is 1. The first kappa shape index (κ1) is 22.1. The molecule has 0 radical (unpaired) electrons. The monoisotopic (exact) mass is 406 g/mol. The van der Waals surface area contributed by atoms with Gasteiger partial charge in [0.25, 0.3) is 0 Å². The lowest BCUT2D eigenvalue weighted by molar-refractivity contribution is -0.132. The Balaban J connectivity index is 2.25. The van der Waals surface area contributed by atoms with Crippen molar-refractivity contribution >= 4 is 15.9 Å². The first-order valence-electron chi connectivity index (χ1n) is 9.22. The van der Waals surface area contributed by atoms with Crippen molar-refractivity contribution in [1.29, 1.82) is 0 Å². The molecular formula is C20H30N4O3S. The summed E-state index contributed by atoms with van der Waals surface area (Å²) in [5.41, 5.74) is 1.24. The molecule has 1 heterocycles. The number of aromatic nitrogens is 2. The van der Waals surface area contributed by atoms with Gasteiger partial charge in [-0.2, -0.15) is 5.10 Å². The van der Waals surface area contributed by atoms with Crippen LogP contribution < -0.4 is 4.72 Å². The highest BCUT2D eigenvalue weighted by molar-refractivity contribution is 7.89. The average molecular weight is 407 g/mol. The number of sulfonamides is 1. The predicted molar refractivity (Wildman–Crippen MR) is 109 cm³/mol. The normalized spacial score (nSPS) is 13.4. The van der Waals surface area contributed by atoms with Gasteiger partial charge in [-0.05, 0) is 47.1 Å². The molecule has 0 aliphatic carbocycles. The van der Waals surface area contributed by atoms with E-state index in [1.54, 1.807) is 46.6 Å². The van der Waals surface area contributed by atoms with E-state index >= 15 is 0 Å². The van der Waals surface area contributed by atoms with E-state index in [0.717, 1.165) is 5.56 Å². The molecule has 0 spiro atoms. The van der Waals surface area contributed by atoms with Gasteiger partial charge < -0.3 is 4.90 Å². The van der Waals surface area contributed by atoms with Crippen LogP contribution in [0.5, 0.6) is 0 Å². The van der Waals surface area contributed by atoms with Gasteiger partial charge in [-0.15, -0.1) is 0 Å². The Morgan fingerprint density at radius 3 is 2.32 bits per heavy atom. The van der Waals surface area contributed by atoms with Crippen molar-refractivity contribution in [1.82, 2.24) is 19.4 Å². The Kier molecular flexibility index (Phi) is 6.35. The number of rotatable bonds is 6. The lowest BCUT2D eigenvalue weighted by Gasteiger charge is -2.25. The molecule has 28 heavy (non-hydrogen) atoms. The SMILES string of the molecule is Cc1nn(CC(=O)N(C)C(C)c2ccccc2)c(C)c1S(=O)(=O)NC(C)(C)C. The number of hydrogen-bond donors (Lipinski definition) is 1. The van der Waals surface area contributed by atoms with E-state index < -0.39 is 15.6 Å². The summed E-state index contributed by atoms with van der Waals surface area (Å²) in [4.78, 5) is 14.6. The van der Waals surface area contributed by atoms with Crippen LogP contribution in [-0.4, -0.2) is 41.6 Å². The summed E-state index contributed by atoms with van der Waals surface area (Å²) in [5.74, 6) is -0.144. The van der Waals surface area contributed by atoms with Gasteiger partial charge in [0.2, 0.25) is 15.9 Å². The summed E-state index contributed by atoms with van der Waals surface area (Å²) in [6, 6.07) is 9.65. The number of benzene rings is 1. The standard InChI is InChI=1S/C20H30N4O3S/c1-14-19(28(26,27)22-20(4,5)6)16(3)24(21-14)13-18(25)23(7)15(2)17-11-9-8-10-12-17/h8-12,15,22H,13H2,1-7H3. The summed E-state index contributed by atoms with van der Waals surface area (Å²) < 4.78 is 29.6. The Hall–Kier alpha value is -2.19. The predicted octanol–water partition coefficient (Wildman–Crippen LogP) is 2.80. The molecule has 7 nitrogen and oxygen atoms in total. The lowest BCUT2D eigenvalue weighted by Crippen LogP contribution is -2.40. The van der Waals surface area contributed by atoms with E-state index in [9.17, 15) is 13.2 Å². The molecule has 2 rings (SSSR count). The third-order valence-electron chi connectivity index (χ3n) is 4.57. The van der Waals surface area contributed by atoms with Crippen LogP contribution >= 0.6 is 0 Å². The molecule has 1 amide bonds. The van der Waals surface area contributed by atoms with Crippen molar-refractivity contribution in [3.8, 4) is 0 Å². The van der Waals surface area contributed by atoms with E-state index in [4.69, 9.17) is 0 Å². The maximum Gasteiger partial charge on any atom is 0.244 e. The van der Waals surface area contributed by atoms with Gasteiger partial charge in [0.05, 0.1) is 17.4 Å². The number of nitrogens with zero attached hydrogens (tertiary/aromatic N) is 3. The highest BCUT2D eigenvalue weighted by Gasteiger charge is 2.29. The highest BCUT2D eigenvalue weighted by Crippen LogP contribution is 2.22. The van der Waals surface area contributed by atoms with Gasteiger partial charge in [-0.3, -0.25) is 9.48 Å². The summed E-state index contributed by atoms with van der Waals surface area (Å²) in [5, 5.41) is 4.31. The summed E-state index contributed by atoms with van der Waals surface area (Å²) in [6.07, 6.45) is 0. The zero-order valence-electron chi connectivity index (χ0n) is 17.6. The van der Waals surface area contributed by atoms with Gasteiger partial charge in [-0.1, -0.05) is 30.3 Å². The van der Waals surface area contributed by atoms with Crippen LogP contribution in [0.25, 0.3) is 0 Å². The van der Waals surface area contributed by atoms with E-state index in [-0.39, 0.29) is 23.4 Å². The van der Waals surface area contributed by atoms with Crippen LogP contribution in [0.1, 0.15) is 50.7 Å². The minimum Gasteiger partial charge on any atom is -0.337 e. The summed E-state index contributed by atoms with van der Waals surface area (Å²) in [6.45, 7) is 10.6. The molecule has 8 heteroatoms. The fourth-order valence-corrected chi connectivity index (χ4v) is 4.92. The molecule has 1 N–H and O–H groups in total. The van der Waals surface area contributed by atoms with Crippen molar-refractivity contribution in [3.63, 3.8) is 0 Å². The van der Waals surface area contributed by atoms with Gasteiger partial charge in [0.15, 0.2) is 0 Å². The van der Waals surface area contributed by atoms with Crippen molar-refractivity contribution in [2.45, 2.75) is 64.6 Å². The van der Waals surface area contributed by atoms with Crippen LogP contribution in [0.15, 0.2) is 35.2 Å². The Morgan fingerprint density at radius 1 is 1.21 bits per heavy atom. The Bertz CT molecular complexity index is 944. The van der Waals surface area contributed by atoms with Gasteiger partial charge >= 0.3 is 0 Å². The van der Waals surface area contributed by atoms with Crippen LogP contribution in [0.4, 0.5) is 0 Å². The lowest BCUT2D eigenvalue weighted by atomic mass is 10.1. The van der Waals surface area contributed by atoms with Crippen molar-refractivity contribution in [3.05, 3.63) is 47.3 Å². The number of carbonyl (C=O) groups is 1. The fourth-order valence-electron chi connectivity index (χ4n) is 3.09. The molecule has 0 bridgehead atoms. The molecule has 154 valence electrons. The van der Waals surface area contributed by atoms with Crippen molar-refractivity contribution in [2.24, 2.45) is 0 Å². The molecule has 1 aromatic carbocycles. The second-order valence-electron chi connectivity index (χ2n) is 8.10. The Morgan fingerprint density at radius 2 is 1.79 bits per heavy atom. The maximum atomic E-state index is 12.8. The molecule has 1 aromatic heterocycles. The third kappa shape index (κ3) is 4.99. The van der Waals surface area contributed by atoms with E-state index in [2.05, 4.69) is 9.82 Å². The van der Waals surface area contributed by atoms with Gasteiger partial charge in [0.1, 0.15) is 11.4 Å². The minimum absolute atomic E-state index is 0.0224. The first-order chi connectivity index (χ1) is 12.8. The quantitative estimate of drug-likeness (QED) is 0.799. The van der Waals surface area contributed by atoms with E-state index in [1.807, 2.05) is 37.3 Å². The molecule has 0 saturated carbocycles. The topological polar surface area (TPSA) is 84.3 Å². The molecule has 0 aliphatic rings. The molecule has 0 saturated heterocycles. The number of hydrogen-bond acceptors (Lipinski definition) is 4. The van der Waals surface area contributed by atoms with E-state index in [1.165, 1.54) is 4.68 Å². The molecule has 1 unspecified atom stereocenters. The second kappa shape index (κ2) is 8.05. The second-order valence-corrected chi connectivity index (χ2v) is 9.72. The molecular weight excluding hydrogens is 376 g/mol. The zero-order chi connectivity index (χ0) is 21.3. The zero-order valence-corrected chi connectivity index (χ0v) is 18.5. The van der Waals surface area contributed by atoms with Crippen molar-refractivity contribution < 1.29 is 13.2 Å². The van der Waals surface area contributed by atoms with Gasteiger partial charge in [-0.25, -0.2) is 13.1 Å². The number of aryl methyl sites for hydroxylation is 1. The number of amides is 1. The molecule has 2 aromatic rings. The average Bonchev–Trinajstić information content (AvgIpc) is 2.86. The third-order valence-corrected chi connectivity index (χ3v) is 6.58. The fraction of sp³-hybridized carbons (Fsp3) is 0.500. The largest absolute Gasteiger partial charge is 0.337 e. The molecule has 0 aliphatic heterocycles. The summed E-state index contributed by atoms with van der Waals surface area (Å²) in [7, 11) is -1.99. The van der Waals surface area contributed by atoms with Crippen LogP contribution in [-0.2, 0) is 21.4 Å². The number of nitrogens with one attached hydrogen (secondary N) is 1. The Labute approximate surface area is 167 Å².